The van der Waals surface area contributed by atoms with E-state index < -0.39 is 11.7 Å². The fourth-order valence-corrected chi connectivity index (χ4v) is 2.22. The highest BCUT2D eigenvalue weighted by atomic mass is 32.1. The van der Waals surface area contributed by atoms with Crippen LogP contribution < -0.4 is 5.73 Å². The van der Waals surface area contributed by atoms with E-state index in [1.165, 1.54) is 17.4 Å². The quantitative estimate of drug-likeness (QED) is 0.838. The number of thiazole rings is 1. The molecular formula is C10H9F3N2S. The van der Waals surface area contributed by atoms with Crippen molar-refractivity contribution in [3.05, 3.63) is 28.8 Å². The van der Waals surface area contributed by atoms with Gasteiger partial charge in [0.1, 0.15) is 5.01 Å². The van der Waals surface area contributed by atoms with Crippen molar-refractivity contribution in [2.45, 2.75) is 19.1 Å². The van der Waals surface area contributed by atoms with Gasteiger partial charge in [0.25, 0.3) is 0 Å². The first kappa shape index (κ1) is 11.3. The molecule has 16 heavy (non-hydrogen) atoms. The molecule has 6 heteroatoms. The summed E-state index contributed by atoms with van der Waals surface area (Å²) in [5, 5.41) is 0.648. The normalized spacial score (nSPS) is 14.3. The van der Waals surface area contributed by atoms with Gasteiger partial charge in [0.05, 0.1) is 21.8 Å². The average molecular weight is 246 g/mol. The van der Waals surface area contributed by atoms with E-state index in [4.69, 9.17) is 5.73 Å². The van der Waals surface area contributed by atoms with E-state index in [0.717, 1.165) is 16.8 Å². The highest BCUT2D eigenvalue weighted by Gasteiger charge is 2.30. The third kappa shape index (κ3) is 2.03. The Morgan fingerprint density at radius 2 is 2.06 bits per heavy atom. The average Bonchev–Trinajstić information content (AvgIpc) is 2.58. The smallest absolute Gasteiger partial charge is 0.322 e. The molecule has 0 spiro atoms. The first-order chi connectivity index (χ1) is 7.38. The number of nitrogens with zero attached hydrogens (tertiary/aromatic N) is 1. The number of fused-ring (bicyclic) bond motifs is 1. The minimum Gasteiger partial charge on any atom is -0.322 e. The van der Waals surface area contributed by atoms with Gasteiger partial charge in [0.2, 0.25) is 0 Å². The summed E-state index contributed by atoms with van der Waals surface area (Å²) in [4.78, 5) is 4.08. The van der Waals surface area contributed by atoms with E-state index in [2.05, 4.69) is 4.98 Å². The van der Waals surface area contributed by atoms with Gasteiger partial charge in [-0.1, -0.05) is 0 Å². The molecule has 2 N–H and O–H groups in total. The van der Waals surface area contributed by atoms with E-state index in [-0.39, 0.29) is 6.04 Å². The molecular weight excluding hydrogens is 237 g/mol. The summed E-state index contributed by atoms with van der Waals surface area (Å²) in [6.45, 7) is 1.75. The number of aromatic nitrogens is 1. The molecule has 0 radical (unpaired) electrons. The van der Waals surface area contributed by atoms with Crippen molar-refractivity contribution in [1.29, 1.82) is 0 Å². The van der Waals surface area contributed by atoms with Gasteiger partial charge < -0.3 is 5.73 Å². The molecule has 0 aliphatic heterocycles. The second-order valence-electron chi connectivity index (χ2n) is 3.52. The first-order valence-electron chi connectivity index (χ1n) is 4.61. The van der Waals surface area contributed by atoms with Crippen LogP contribution in [-0.2, 0) is 6.18 Å². The maximum Gasteiger partial charge on any atom is 0.416 e. The third-order valence-electron chi connectivity index (χ3n) is 2.12. The van der Waals surface area contributed by atoms with E-state index in [1.54, 1.807) is 6.92 Å². The molecule has 2 nitrogen and oxygen atoms in total. The lowest BCUT2D eigenvalue weighted by Crippen LogP contribution is -2.04. The first-order valence-corrected chi connectivity index (χ1v) is 5.43. The van der Waals surface area contributed by atoms with Crippen LogP contribution >= 0.6 is 11.3 Å². The Balaban J connectivity index is 2.54. The summed E-state index contributed by atoms with van der Waals surface area (Å²) in [7, 11) is 0. The number of halogens is 3. The van der Waals surface area contributed by atoms with Crippen LogP contribution in [0.4, 0.5) is 13.2 Å². The molecule has 0 saturated carbocycles. The van der Waals surface area contributed by atoms with E-state index in [1.807, 2.05) is 0 Å². The van der Waals surface area contributed by atoms with Crippen LogP contribution in [0.3, 0.4) is 0 Å². The van der Waals surface area contributed by atoms with Crippen molar-refractivity contribution in [3.8, 4) is 0 Å². The Hall–Kier alpha value is -1.14. The van der Waals surface area contributed by atoms with Gasteiger partial charge in [-0.25, -0.2) is 4.98 Å². The third-order valence-corrected chi connectivity index (χ3v) is 3.36. The summed E-state index contributed by atoms with van der Waals surface area (Å²) >= 11 is 1.32. The standard InChI is InChI=1S/C10H9F3N2S/c1-5(14)9-15-7-4-6(10(11,12)13)2-3-8(7)16-9/h2-5H,14H2,1H3. The van der Waals surface area contributed by atoms with Crippen molar-refractivity contribution in [2.24, 2.45) is 5.73 Å². The van der Waals surface area contributed by atoms with Crippen molar-refractivity contribution < 1.29 is 13.2 Å². The van der Waals surface area contributed by atoms with Gasteiger partial charge in [0.15, 0.2) is 0 Å². The fourth-order valence-electron chi connectivity index (χ4n) is 1.32. The fraction of sp³-hybridized carbons (Fsp3) is 0.300. The van der Waals surface area contributed by atoms with Gasteiger partial charge in [-0.05, 0) is 25.1 Å². The lowest BCUT2D eigenvalue weighted by Gasteiger charge is -2.04. The van der Waals surface area contributed by atoms with Crippen molar-refractivity contribution >= 4 is 21.6 Å². The molecule has 1 heterocycles. The van der Waals surface area contributed by atoms with Crippen molar-refractivity contribution in [2.75, 3.05) is 0 Å². The van der Waals surface area contributed by atoms with Crippen LogP contribution in [0.15, 0.2) is 18.2 Å². The molecule has 0 saturated heterocycles. The zero-order valence-corrected chi connectivity index (χ0v) is 9.19. The molecule has 0 fully saturated rings. The van der Waals surface area contributed by atoms with Crippen LogP contribution in [0.1, 0.15) is 23.5 Å². The van der Waals surface area contributed by atoms with Crippen molar-refractivity contribution in [1.82, 2.24) is 4.98 Å². The SMILES string of the molecule is CC(N)c1nc2cc(C(F)(F)F)ccc2s1. The zero-order valence-electron chi connectivity index (χ0n) is 8.38. The Bertz CT molecular complexity index is 516. The molecule has 1 aromatic carbocycles. The molecule has 2 aromatic rings. The molecule has 1 unspecified atom stereocenters. The monoisotopic (exact) mass is 246 g/mol. The van der Waals surface area contributed by atoms with Crippen LogP contribution in [0.25, 0.3) is 10.2 Å². The molecule has 1 atom stereocenters. The molecule has 0 aliphatic carbocycles. The van der Waals surface area contributed by atoms with Crippen molar-refractivity contribution in [3.63, 3.8) is 0 Å². The van der Waals surface area contributed by atoms with Gasteiger partial charge in [0, 0.05) is 0 Å². The van der Waals surface area contributed by atoms with Gasteiger partial charge in [-0.15, -0.1) is 11.3 Å². The molecule has 0 amide bonds. The summed E-state index contributed by atoms with van der Waals surface area (Å²) < 4.78 is 38.0. The van der Waals surface area contributed by atoms with Crippen LogP contribution in [0, 0.1) is 0 Å². The minimum atomic E-state index is -4.33. The number of nitrogens with two attached hydrogens (primary N) is 1. The van der Waals surface area contributed by atoms with E-state index in [0.29, 0.717) is 10.5 Å². The van der Waals surface area contributed by atoms with Gasteiger partial charge in [-0.3, -0.25) is 0 Å². The highest BCUT2D eigenvalue weighted by molar-refractivity contribution is 7.18. The highest BCUT2D eigenvalue weighted by Crippen LogP contribution is 2.33. The largest absolute Gasteiger partial charge is 0.416 e. The second-order valence-corrected chi connectivity index (χ2v) is 4.58. The molecule has 86 valence electrons. The van der Waals surface area contributed by atoms with E-state index in [9.17, 15) is 13.2 Å². The van der Waals surface area contributed by atoms with Crippen LogP contribution in [0.2, 0.25) is 0 Å². The van der Waals surface area contributed by atoms with Gasteiger partial charge >= 0.3 is 6.18 Å². The summed E-state index contributed by atoms with van der Waals surface area (Å²) in [5.41, 5.74) is 5.30. The summed E-state index contributed by atoms with van der Waals surface area (Å²) in [5.74, 6) is 0. The van der Waals surface area contributed by atoms with Crippen LogP contribution in [-0.4, -0.2) is 4.98 Å². The topological polar surface area (TPSA) is 38.9 Å². The molecule has 2 rings (SSSR count). The summed E-state index contributed by atoms with van der Waals surface area (Å²) in [6.07, 6.45) is -4.33. The Morgan fingerprint density at radius 3 is 2.62 bits per heavy atom. The minimum absolute atomic E-state index is 0.258. The number of alkyl halides is 3. The molecule has 1 aromatic heterocycles. The second kappa shape index (κ2) is 3.71. The maximum atomic E-state index is 12.4. The van der Waals surface area contributed by atoms with E-state index >= 15 is 0 Å². The number of hydrogen-bond acceptors (Lipinski definition) is 3. The number of rotatable bonds is 1. The Kier molecular flexibility index (Phi) is 2.63. The predicted molar refractivity (Wildman–Crippen MR) is 57.2 cm³/mol. The Labute approximate surface area is 93.9 Å². The predicted octanol–water partition coefficient (Wildman–Crippen LogP) is 3.33. The molecule has 0 aliphatic rings. The van der Waals surface area contributed by atoms with Crippen LogP contribution in [0.5, 0.6) is 0 Å². The number of benzene rings is 1. The Morgan fingerprint density at radius 1 is 1.38 bits per heavy atom. The maximum absolute atomic E-state index is 12.4. The summed E-state index contributed by atoms with van der Waals surface area (Å²) in [6, 6.07) is 3.29. The number of hydrogen-bond donors (Lipinski definition) is 1. The zero-order chi connectivity index (χ0) is 11.9. The lowest BCUT2D eigenvalue weighted by atomic mass is 10.2. The lowest BCUT2D eigenvalue weighted by molar-refractivity contribution is -0.137. The van der Waals surface area contributed by atoms with Gasteiger partial charge in [-0.2, -0.15) is 13.2 Å². The molecule has 0 bridgehead atoms.